The van der Waals surface area contributed by atoms with E-state index in [2.05, 4.69) is 51.1 Å². The molecule has 0 bridgehead atoms. The summed E-state index contributed by atoms with van der Waals surface area (Å²) in [6.07, 6.45) is -0.376. The summed E-state index contributed by atoms with van der Waals surface area (Å²) in [5, 5.41) is 35.5. The second-order valence-corrected chi connectivity index (χ2v) is 19.0. The zero-order valence-electron chi connectivity index (χ0n) is 43.7. The maximum Gasteiger partial charge on any atom is 0.303 e. The summed E-state index contributed by atoms with van der Waals surface area (Å²) in [6, 6.07) is 16.3. The van der Waals surface area contributed by atoms with Gasteiger partial charge in [-0.05, 0) is 47.6 Å². The fourth-order valence-electron chi connectivity index (χ4n) is 7.76. The molecule has 0 aromatic heterocycles. The third-order valence-corrected chi connectivity index (χ3v) is 12.4. The molecule has 412 valence electrons. The van der Waals surface area contributed by atoms with Gasteiger partial charge in [0.15, 0.2) is 0 Å². The van der Waals surface area contributed by atoms with E-state index in [0.29, 0.717) is 23.2 Å². The number of carboxylic acids is 1. The number of rotatable bonds is 31. The maximum absolute atomic E-state index is 14.7. The Labute approximate surface area is 448 Å². The van der Waals surface area contributed by atoms with Crippen molar-refractivity contribution in [3.8, 4) is 5.75 Å². The number of carbonyl (C=O) groups excluding carboxylic acids is 9. The first-order valence-corrected chi connectivity index (χ1v) is 25.2. The minimum Gasteiger partial charge on any atom is -0.508 e. The number of phenols is 1. The minimum atomic E-state index is -1.48. The zero-order valence-corrected chi connectivity index (χ0v) is 44.6. The second-order valence-electron chi connectivity index (χ2n) is 18.6. The fourth-order valence-corrected chi connectivity index (χ4v) is 8.01. The molecule has 22 nitrogen and oxygen atoms in total. The second kappa shape index (κ2) is 31.1. The summed E-state index contributed by atoms with van der Waals surface area (Å²) in [4.78, 5) is 137. The molecule has 23 heteroatoms. The van der Waals surface area contributed by atoms with E-state index in [1.807, 2.05) is 37.3 Å². The van der Waals surface area contributed by atoms with Crippen LogP contribution >= 0.6 is 12.6 Å². The first kappa shape index (κ1) is 62.3. The van der Waals surface area contributed by atoms with Crippen LogP contribution in [0.2, 0.25) is 0 Å². The number of carboxylic acid groups (broad SMARTS) is 1. The van der Waals surface area contributed by atoms with Gasteiger partial charge in [0.25, 0.3) is 0 Å². The number of hydrogen-bond acceptors (Lipinski definition) is 13. The summed E-state index contributed by atoms with van der Waals surface area (Å²) >= 11 is 4.11. The molecule has 6 atom stereocenters. The number of phenolic OH excluding ortho intramolecular Hbond substituents is 1. The van der Waals surface area contributed by atoms with Crippen LogP contribution in [0.25, 0.3) is 0 Å². The van der Waals surface area contributed by atoms with E-state index in [9.17, 15) is 58.2 Å². The third-order valence-electron chi connectivity index (χ3n) is 12.1. The molecule has 3 rings (SSSR count). The van der Waals surface area contributed by atoms with Gasteiger partial charge in [0.2, 0.25) is 53.2 Å². The Hall–Kier alpha value is -7.95. The van der Waals surface area contributed by atoms with Crippen molar-refractivity contribution in [3.05, 3.63) is 114 Å². The molecule has 0 aliphatic carbocycles. The Balaban J connectivity index is 1.88. The first-order chi connectivity index (χ1) is 35.9. The Bertz CT molecular complexity index is 2500. The number of allylic oxidation sites excluding steroid dienone is 1. The molecule has 0 aliphatic heterocycles. The van der Waals surface area contributed by atoms with Crippen LogP contribution in [0, 0.1) is 5.92 Å². The summed E-state index contributed by atoms with van der Waals surface area (Å²) < 4.78 is 0. The number of nitrogens with two attached hydrogens (primary N) is 1. The van der Waals surface area contributed by atoms with E-state index in [-0.39, 0.29) is 37.2 Å². The summed E-state index contributed by atoms with van der Waals surface area (Å²) in [6.45, 7) is 7.46. The van der Waals surface area contributed by atoms with Crippen molar-refractivity contribution in [1.29, 1.82) is 0 Å². The van der Waals surface area contributed by atoms with Gasteiger partial charge in [0.05, 0.1) is 19.6 Å². The quantitative estimate of drug-likeness (QED) is 0.0381. The van der Waals surface area contributed by atoms with E-state index < -0.39 is 127 Å². The van der Waals surface area contributed by atoms with Crippen LogP contribution in [0.1, 0.15) is 56.7 Å². The summed E-state index contributed by atoms with van der Waals surface area (Å²) in [5.41, 5.74) is 7.66. The molecule has 3 aromatic carbocycles. The number of nitrogens with one attached hydrogen (secondary N) is 6. The van der Waals surface area contributed by atoms with E-state index in [4.69, 9.17) is 5.73 Å². The number of primary amides is 1. The minimum absolute atomic E-state index is 0.0512. The number of carbonyl (C=O) groups is 10. The highest BCUT2D eigenvalue weighted by Gasteiger charge is 2.37. The lowest BCUT2D eigenvalue weighted by Gasteiger charge is -2.34. The Morgan fingerprint density at radius 1 is 0.618 bits per heavy atom. The molecule has 0 saturated carbocycles. The van der Waals surface area contributed by atoms with Crippen molar-refractivity contribution < 1.29 is 58.2 Å². The van der Waals surface area contributed by atoms with E-state index in [1.165, 1.54) is 45.4 Å². The van der Waals surface area contributed by atoms with Crippen LogP contribution in [-0.2, 0) is 67.2 Å². The molecule has 10 N–H and O–H groups in total. The molecule has 3 aromatic rings. The van der Waals surface area contributed by atoms with E-state index in [0.717, 1.165) is 20.3 Å². The number of benzene rings is 3. The average Bonchev–Trinajstić information content (AvgIpc) is 3.38. The van der Waals surface area contributed by atoms with Gasteiger partial charge in [-0.1, -0.05) is 100 Å². The predicted molar refractivity (Wildman–Crippen MR) is 286 cm³/mol. The number of thiol groups is 1. The van der Waals surface area contributed by atoms with E-state index >= 15 is 0 Å². The normalized spacial score (nSPS) is 13.2. The number of nitrogens with zero attached hydrogens (tertiary/aromatic N) is 3. The molecular weight excluding hydrogens is 1000 g/mol. The third kappa shape index (κ3) is 20.8. The van der Waals surface area contributed by atoms with Crippen LogP contribution in [0.4, 0.5) is 0 Å². The topological polar surface area (TPSA) is 319 Å². The molecule has 0 saturated heterocycles. The average molecular weight is 1070 g/mol. The van der Waals surface area contributed by atoms with Gasteiger partial charge >= 0.3 is 5.97 Å². The highest BCUT2D eigenvalue weighted by atomic mass is 32.1. The van der Waals surface area contributed by atoms with Crippen LogP contribution in [0.5, 0.6) is 5.75 Å². The van der Waals surface area contributed by atoms with E-state index in [1.54, 1.807) is 44.2 Å². The lowest BCUT2D eigenvalue weighted by Crippen LogP contribution is -2.59. The number of aromatic hydroxyl groups is 1. The molecule has 0 heterocycles. The van der Waals surface area contributed by atoms with Gasteiger partial charge in [-0.3, -0.25) is 47.9 Å². The van der Waals surface area contributed by atoms with Gasteiger partial charge in [-0.2, -0.15) is 12.6 Å². The van der Waals surface area contributed by atoms with Crippen molar-refractivity contribution in [2.24, 2.45) is 11.7 Å². The SMILES string of the molecule is C=C(CC)N[C@@H](Cc1ccccc1)C(=O)N[C@H](C(=O)N[C@@H](CCC(=O)O)C(=O)N(C)CC(=O)N[C@@H](Cc1ccc(O)cc1)C(=O)N(C)[C@@H](Cc1ccccc1)C(=O)N(C)CC(=O)N[C@@H](CS)C(=O)NCC(N)=O)C(C)C. The summed E-state index contributed by atoms with van der Waals surface area (Å²) in [7, 11) is 3.91. The van der Waals surface area contributed by atoms with Gasteiger partial charge in [0, 0.05) is 58.3 Å². The molecule has 0 unspecified atom stereocenters. The smallest absolute Gasteiger partial charge is 0.303 e. The molecule has 0 aliphatic rings. The van der Waals surface area contributed by atoms with Crippen molar-refractivity contribution in [2.75, 3.05) is 46.5 Å². The van der Waals surface area contributed by atoms with Gasteiger partial charge < -0.3 is 62.5 Å². The number of hydrogen-bond donors (Lipinski definition) is 10. The van der Waals surface area contributed by atoms with Crippen molar-refractivity contribution in [1.82, 2.24) is 46.6 Å². The Morgan fingerprint density at radius 3 is 1.64 bits per heavy atom. The Kier molecular flexibility index (Phi) is 25.5. The molecular formula is C53H72N10O12S. The van der Waals surface area contributed by atoms with Gasteiger partial charge in [0.1, 0.15) is 42.0 Å². The van der Waals surface area contributed by atoms with Gasteiger partial charge in [-0.15, -0.1) is 0 Å². The number of aliphatic carboxylic acids is 1. The molecule has 76 heavy (non-hydrogen) atoms. The van der Waals surface area contributed by atoms with Crippen molar-refractivity contribution >= 4 is 71.8 Å². The summed E-state index contributed by atoms with van der Waals surface area (Å²) in [5.74, 6) is -8.80. The molecule has 0 radical (unpaired) electrons. The molecule has 0 fully saturated rings. The molecule has 9 amide bonds. The highest BCUT2D eigenvalue weighted by molar-refractivity contribution is 7.80. The lowest BCUT2D eigenvalue weighted by atomic mass is 10.00. The zero-order chi connectivity index (χ0) is 56.6. The number of amides is 9. The predicted octanol–water partition coefficient (Wildman–Crippen LogP) is 0.0371. The van der Waals surface area contributed by atoms with Crippen LogP contribution in [0.3, 0.4) is 0 Å². The monoisotopic (exact) mass is 1070 g/mol. The standard InChI is InChI=1S/C53H72N10O12S/c1-8-33(4)56-39(25-34-15-11-9-12-16-34)49(71)60-47(32(2)3)50(72)59-38(23-24-46(68)69)51(73)61(5)29-44(66)57-40(26-36-19-21-37(64)22-20-36)52(74)63(7)42(27-35-17-13-10-14-18-35)53(75)62(6)30-45(67)58-41(31-76)48(70)55-28-43(54)65/h9-22,32,38-42,47,56,64,76H,4,8,23-31H2,1-3,5-7H3,(H2,54,65)(H,55,70)(H,57,66)(H,58,67)(H,59,72)(H,60,71)(H,68,69)/t38-,39-,40-,41-,42-,47-/m0/s1. The van der Waals surface area contributed by atoms with Crippen LogP contribution in [0.15, 0.2) is 97.2 Å². The fraction of sp³-hybridized carbons (Fsp3) is 0.434. The van der Waals surface area contributed by atoms with Crippen LogP contribution < -0.4 is 37.6 Å². The number of likely N-dealkylation sites (N-methyl/N-ethyl adjacent to an activating group) is 3. The van der Waals surface area contributed by atoms with Crippen molar-refractivity contribution in [3.63, 3.8) is 0 Å². The van der Waals surface area contributed by atoms with Crippen LogP contribution in [-0.4, -0.2) is 167 Å². The molecule has 0 spiro atoms. The highest BCUT2D eigenvalue weighted by Crippen LogP contribution is 2.17. The lowest BCUT2D eigenvalue weighted by molar-refractivity contribution is -0.147. The van der Waals surface area contributed by atoms with Crippen molar-refractivity contribution in [2.45, 2.75) is 95.5 Å². The maximum atomic E-state index is 14.7. The first-order valence-electron chi connectivity index (χ1n) is 24.6. The Morgan fingerprint density at radius 2 is 1.13 bits per heavy atom. The largest absolute Gasteiger partial charge is 0.508 e. The van der Waals surface area contributed by atoms with Gasteiger partial charge in [-0.25, -0.2) is 0 Å².